The molecule has 2 fully saturated rings. The average molecular weight is 372 g/mol. The summed E-state index contributed by atoms with van der Waals surface area (Å²) < 4.78 is 1.21. The Hall–Kier alpha value is -1.46. The van der Waals surface area contributed by atoms with Gasteiger partial charge in [-0.1, -0.05) is 12.1 Å². The third-order valence-electron chi connectivity index (χ3n) is 6.53. The molecule has 0 bridgehead atoms. The number of amides is 1. The lowest BCUT2D eigenvalue weighted by atomic mass is 10.0. The molecule has 0 spiro atoms. The summed E-state index contributed by atoms with van der Waals surface area (Å²) in [6, 6.07) is 9.38. The first kappa shape index (κ1) is 17.9. The van der Waals surface area contributed by atoms with Gasteiger partial charge in [-0.15, -0.1) is 11.3 Å². The van der Waals surface area contributed by atoms with Gasteiger partial charge in [0.25, 0.3) is 0 Å². The predicted molar refractivity (Wildman–Crippen MR) is 107 cm³/mol. The van der Waals surface area contributed by atoms with Crippen LogP contribution >= 0.6 is 11.3 Å². The number of benzene rings is 1. The van der Waals surface area contributed by atoms with E-state index < -0.39 is 0 Å². The summed E-state index contributed by atoms with van der Waals surface area (Å²) in [5.74, 6) is 1.90. The molecule has 1 aromatic carbocycles. The minimum Gasteiger partial charge on any atom is -0.343 e. The Bertz CT molecular complexity index is 739. The molecule has 0 aliphatic heterocycles. The first-order valence-electron chi connectivity index (χ1n) is 9.78. The molecule has 2 unspecified atom stereocenters. The number of thiazole rings is 1. The van der Waals surface area contributed by atoms with Gasteiger partial charge in [0, 0.05) is 32.0 Å². The Kier molecular flexibility index (Phi) is 5.02. The molecule has 1 aromatic heterocycles. The van der Waals surface area contributed by atoms with Gasteiger partial charge in [-0.25, -0.2) is 4.98 Å². The minimum atomic E-state index is 0.276. The Labute approximate surface area is 160 Å². The van der Waals surface area contributed by atoms with Crippen LogP contribution in [-0.2, 0) is 11.2 Å². The van der Waals surface area contributed by atoms with Crippen LogP contribution in [0.15, 0.2) is 24.3 Å². The first-order chi connectivity index (χ1) is 12.5. The van der Waals surface area contributed by atoms with Gasteiger partial charge in [0.2, 0.25) is 5.91 Å². The third kappa shape index (κ3) is 3.52. The van der Waals surface area contributed by atoms with Crippen molar-refractivity contribution in [2.75, 3.05) is 21.1 Å². The molecule has 1 amide bonds. The number of hydrogen-bond acceptors (Lipinski definition) is 4. The zero-order valence-electron chi connectivity index (χ0n) is 16.0. The molecule has 2 aliphatic carbocycles. The second-order valence-corrected chi connectivity index (χ2v) is 9.43. The Morgan fingerprint density at radius 2 is 1.73 bits per heavy atom. The molecule has 4 rings (SSSR count). The number of carbonyl (C=O) groups is 1. The maximum Gasteiger partial charge on any atom is 0.222 e. The van der Waals surface area contributed by atoms with Gasteiger partial charge in [0.15, 0.2) is 0 Å². The van der Waals surface area contributed by atoms with E-state index in [0.29, 0.717) is 12.5 Å². The fourth-order valence-electron chi connectivity index (χ4n) is 4.91. The van der Waals surface area contributed by atoms with Crippen molar-refractivity contribution < 1.29 is 4.79 Å². The maximum atomic E-state index is 12.7. The van der Waals surface area contributed by atoms with E-state index in [0.717, 1.165) is 34.8 Å². The topological polar surface area (TPSA) is 36.4 Å². The number of nitrogens with zero attached hydrogens (tertiary/aromatic N) is 3. The van der Waals surface area contributed by atoms with Crippen molar-refractivity contribution in [3.8, 4) is 0 Å². The second-order valence-electron chi connectivity index (χ2n) is 8.31. The summed E-state index contributed by atoms with van der Waals surface area (Å²) >= 11 is 1.71. The Morgan fingerprint density at radius 1 is 1.08 bits per heavy atom. The minimum absolute atomic E-state index is 0.276. The molecule has 5 heteroatoms. The van der Waals surface area contributed by atoms with Crippen molar-refractivity contribution in [1.29, 1.82) is 0 Å². The number of fused-ring (bicyclic) bond motifs is 2. The molecule has 26 heavy (non-hydrogen) atoms. The number of rotatable bonds is 5. The van der Waals surface area contributed by atoms with E-state index in [1.54, 1.807) is 11.3 Å². The quantitative estimate of drug-likeness (QED) is 0.802. The standard InChI is InChI=1S/C21H29N3OS/c1-23(2)16-10-14-12-17(13-15(14)11-16)24(3)21(25)9-8-20-22-18-6-4-5-7-19(18)26-20/h4-7,14-17H,8-13H2,1-3H3/t14-,15+,16?,17?. The summed E-state index contributed by atoms with van der Waals surface area (Å²) in [6.07, 6.45) is 6.33. The van der Waals surface area contributed by atoms with Gasteiger partial charge >= 0.3 is 0 Å². The van der Waals surface area contributed by atoms with Crippen molar-refractivity contribution >= 4 is 27.5 Å². The van der Waals surface area contributed by atoms with Gasteiger partial charge in [0.05, 0.1) is 15.2 Å². The molecule has 2 aliphatic rings. The van der Waals surface area contributed by atoms with Crippen LogP contribution in [0.4, 0.5) is 0 Å². The van der Waals surface area contributed by atoms with E-state index in [9.17, 15) is 4.79 Å². The average Bonchev–Trinajstić information content (AvgIpc) is 3.30. The molecular weight excluding hydrogens is 342 g/mol. The molecule has 4 atom stereocenters. The molecule has 2 saturated carbocycles. The molecule has 0 saturated heterocycles. The van der Waals surface area contributed by atoms with E-state index in [4.69, 9.17) is 0 Å². The van der Waals surface area contributed by atoms with Crippen molar-refractivity contribution in [2.24, 2.45) is 11.8 Å². The zero-order chi connectivity index (χ0) is 18.3. The monoisotopic (exact) mass is 371 g/mol. The van der Waals surface area contributed by atoms with Crippen molar-refractivity contribution in [3.05, 3.63) is 29.3 Å². The lowest BCUT2D eigenvalue weighted by Gasteiger charge is -2.27. The van der Waals surface area contributed by atoms with Crippen molar-refractivity contribution in [2.45, 2.75) is 50.6 Å². The largest absolute Gasteiger partial charge is 0.343 e. The van der Waals surface area contributed by atoms with Crippen molar-refractivity contribution in [1.82, 2.24) is 14.8 Å². The molecule has 0 N–H and O–H groups in total. The van der Waals surface area contributed by atoms with Crippen LogP contribution in [-0.4, -0.2) is 53.9 Å². The highest BCUT2D eigenvalue weighted by molar-refractivity contribution is 7.18. The summed E-state index contributed by atoms with van der Waals surface area (Å²) in [7, 11) is 6.40. The fraction of sp³-hybridized carbons (Fsp3) is 0.619. The highest BCUT2D eigenvalue weighted by Crippen LogP contribution is 2.46. The highest BCUT2D eigenvalue weighted by Gasteiger charge is 2.43. The molecule has 1 heterocycles. The van der Waals surface area contributed by atoms with E-state index in [1.165, 1.54) is 30.4 Å². The summed E-state index contributed by atoms with van der Waals surface area (Å²) in [4.78, 5) is 21.8. The van der Waals surface area contributed by atoms with Crippen LogP contribution in [0.5, 0.6) is 0 Å². The van der Waals surface area contributed by atoms with E-state index in [2.05, 4.69) is 30.0 Å². The van der Waals surface area contributed by atoms with Gasteiger partial charge in [-0.3, -0.25) is 4.79 Å². The summed E-state index contributed by atoms with van der Waals surface area (Å²) in [5.41, 5.74) is 1.05. The third-order valence-corrected chi connectivity index (χ3v) is 7.62. The van der Waals surface area contributed by atoms with Gasteiger partial charge in [0.1, 0.15) is 0 Å². The predicted octanol–water partition coefficient (Wildman–Crippen LogP) is 3.81. The fourth-order valence-corrected chi connectivity index (χ4v) is 5.88. The highest BCUT2D eigenvalue weighted by atomic mass is 32.1. The van der Waals surface area contributed by atoms with E-state index >= 15 is 0 Å². The van der Waals surface area contributed by atoms with E-state index in [1.807, 2.05) is 30.1 Å². The molecular formula is C21H29N3OS. The Balaban J connectivity index is 1.30. The number of carbonyl (C=O) groups excluding carboxylic acids is 1. The van der Waals surface area contributed by atoms with Crippen LogP contribution in [0.2, 0.25) is 0 Å². The lowest BCUT2D eigenvalue weighted by molar-refractivity contribution is -0.131. The molecule has 0 radical (unpaired) electrons. The second kappa shape index (κ2) is 7.28. The number of aromatic nitrogens is 1. The smallest absolute Gasteiger partial charge is 0.222 e. The van der Waals surface area contributed by atoms with Crippen LogP contribution in [0, 0.1) is 11.8 Å². The van der Waals surface area contributed by atoms with E-state index in [-0.39, 0.29) is 5.91 Å². The maximum absolute atomic E-state index is 12.7. The van der Waals surface area contributed by atoms with Crippen LogP contribution in [0.1, 0.15) is 37.1 Å². The van der Waals surface area contributed by atoms with Gasteiger partial charge in [-0.05, 0) is 63.7 Å². The lowest BCUT2D eigenvalue weighted by Crippen LogP contribution is -2.36. The van der Waals surface area contributed by atoms with Crippen LogP contribution in [0.3, 0.4) is 0 Å². The number of hydrogen-bond donors (Lipinski definition) is 0. The Morgan fingerprint density at radius 3 is 2.38 bits per heavy atom. The van der Waals surface area contributed by atoms with Gasteiger partial charge in [-0.2, -0.15) is 0 Å². The van der Waals surface area contributed by atoms with Crippen molar-refractivity contribution in [3.63, 3.8) is 0 Å². The number of aryl methyl sites for hydroxylation is 1. The van der Waals surface area contributed by atoms with Gasteiger partial charge < -0.3 is 9.80 Å². The summed E-state index contributed by atoms with van der Waals surface area (Å²) in [6.45, 7) is 0. The molecule has 2 aromatic rings. The SMILES string of the molecule is CN(C)C1C[C@@H]2CC(N(C)C(=O)CCc3nc4ccccc4s3)C[C@@H]2C1. The first-order valence-corrected chi connectivity index (χ1v) is 10.6. The molecule has 4 nitrogen and oxygen atoms in total. The number of para-hydroxylation sites is 1. The zero-order valence-corrected chi connectivity index (χ0v) is 16.8. The summed E-state index contributed by atoms with van der Waals surface area (Å²) in [5, 5.41) is 1.07. The van der Waals surface area contributed by atoms with Crippen LogP contribution < -0.4 is 0 Å². The molecule has 140 valence electrons. The van der Waals surface area contributed by atoms with Crippen LogP contribution in [0.25, 0.3) is 10.2 Å². The normalized spacial score (nSPS) is 28.0.